The van der Waals surface area contributed by atoms with Crippen molar-refractivity contribution < 1.29 is 19.1 Å². The molecule has 7 nitrogen and oxygen atoms in total. The number of anilines is 2. The first-order chi connectivity index (χ1) is 11.7. The van der Waals surface area contributed by atoms with E-state index < -0.39 is 5.92 Å². The van der Waals surface area contributed by atoms with Gasteiger partial charge >= 0.3 is 0 Å². The molecule has 1 fully saturated rings. The summed E-state index contributed by atoms with van der Waals surface area (Å²) in [6.07, 6.45) is 1.81. The van der Waals surface area contributed by atoms with E-state index in [9.17, 15) is 9.59 Å². The van der Waals surface area contributed by atoms with Crippen LogP contribution in [-0.2, 0) is 9.59 Å². The van der Waals surface area contributed by atoms with E-state index >= 15 is 0 Å². The van der Waals surface area contributed by atoms with Crippen molar-refractivity contribution in [2.24, 2.45) is 5.92 Å². The third-order valence-electron chi connectivity index (χ3n) is 4.00. The minimum atomic E-state index is -0.394. The van der Waals surface area contributed by atoms with Crippen molar-refractivity contribution in [3.8, 4) is 11.5 Å². The summed E-state index contributed by atoms with van der Waals surface area (Å²) in [6.45, 7) is 1.35. The van der Waals surface area contributed by atoms with Gasteiger partial charge in [-0.15, -0.1) is 11.3 Å². The number of amides is 2. The second kappa shape index (κ2) is 6.12. The van der Waals surface area contributed by atoms with Crippen molar-refractivity contribution in [2.75, 3.05) is 30.0 Å². The molecule has 2 aliphatic rings. The van der Waals surface area contributed by atoms with Crippen LogP contribution in [0.3, 0.4) is 0 Å². The van der Waals surface area contributed by atoms with Crippen LogP contribution < -0.4 is 19.7 Å². The highest BCUT2D eigenvalue weighted by Crippen LogP contribution is 2.36. The molecular weight excluding hydrogens is 330 g/mol. The summed E-state index contributed by atoms with van der Waals surface area (Å²) in [5.41, 5.74) is 0.716. The molecule has 0 saturated carbocycles. The maximum atomic E-state index is 12.3. The average molecular weight is 345 g/mol. The first kappa shape index (κ1) is 14.9. The Morgan fingerprint density at radius 1 is 1.29 bits per heavy atom. The lowest BCUT2D eigenvalue weighted by Gasteiger charge is -2.22. The van der Waals surface area contributed by atoms with Gasteiger partial charge in [0.1, 0.15) is 13.2 Å². The van der Waals surface area contributed by atoms with Crippen molar-refractivity contribution in [1.29, 1.82) is 0 Å². The number of ether oxygens (including phenoxy) is 2. The summed E-state index contributed by atoms with van der Waals surface area (Å²) in [4.78, 5) is 30.3. The first-order valence-corrected chi connectivity index (χ1v) is 8.49. The van der Waals surface area contributed by atoms with Gasteiger partial charge in [0.05, 0.1) is 5.92 Å². The second-order valence-corrected chi connectivity index (χ2v) is 6.45. The van der Waals surface area contributed by atoms with Crippen molar-refractivity contribution in [2.45, 2.75) is 6.42 Å². The lowest BCUT2D eigenvalue weighted by atomic mass is 10.1. The molecule has 1 atom stereocenters. The van der Waals surface area contributed by atoms with Gasteiger partial charge in [0.25, 0.3) is 0 Å². The number of nitrogens with one attached hydrogen (secondary N) is 1. The quantitative estimate of drug-likeness (QED) is 0.919. The zero-order valence-electron chi connectivity index (χ0n) is 12.7. The van der Waals surface area contributed by atoms with Gasteiger partial charge in [-0.1, -0.05) is 0 Å². The van der Waals surface area contributed by atoms with Crippen LogP contribution in [0.15, 0.2) is 29.8 Å². The van der Waals surface area contributed by atoms with E-state index in [2.05, 4.69) is 10.3 Å². The highest BCUT2D eigenvalue weighted by Gasteiger charge is 2.35. The van der Waals surface area contributed by atoms with Crippen molar-refractivity contribution in [3.63, 3.8) is 0 Å². The van der Waals surface area contributed by atoms with Crippen LogP contribution in [0.2, 0.25) is 0 Å². The predicted octanol–water partition coefficient (Wildman–Crippen LogP) is 1.91. The fourth-order valence-corrected chi connectivity index (χ4v) is 3.36. The largest absolute Gasteiger partial charge is 0.486 e. The Balaban J connectivity index is 1.49. The molecule has 0 radical (unpaired) electrons. The Hall–Kier alpha value is -2.61. The van der Waals surface area contributed by atoms with Crippen LogP contribution in [0.4, 0.5) is 10.8 Å². The number of aromatic nitrogens is 1. The van der Waals surface area contributed by atoms with E-state index in [1.165, 1.54) is 11.3 Å². The molecule has 2 amide bonds. The van der Waals surface area contributed by atoms with Crippen LogP contribution in [0.5, 0.6) is 11.5 Å². The van der Waals surface area contributed by atoms with Gasteiger partial charge in [0.2, 0.25) is 11.8 Å². The van der Waals surface area contributed by atoms with E-state index in [1.807, 2.05) is 6.07 Å². The maximum Gasteiger partial charge on any atom is 0.231 e. The molecule has 4 rings (SSSR count). The Labute approximate surface area is 142 Å². The Bertz CT molecular complexity index is 778. The molecule has 0 aliphatic carbocycles. The summed E-state index contributed by atoms with van der Waals surface area (Å²) in [7, 11) is 0. The van der Waals surface area contributed by atoms with Crippen molar-refractivity contribution in [1.82, 2.24) is 4.98 Å². The smallest absolute Gasteiger partial charge is 0.231 e. The molecule has 1 aromatic heterocycles. The molecule has 0 spiro atoms. The number of rotatable bonds is 3. The van der Waals surface area contributed by atoms with Gasteiger partial charge in [-0.25, -0.2) is 4.98 Å². The molecular formula is C16H15N3O4S. The monoisotopic (exact) mass is 345 g/mol. The van der Waals surface area contributed by atoms with Crippen molar-refractivity contribution in [3.05, 3.63) is 29.8 Å². The van der Waals surface area contributed by atoms with Crippen LogP contribution in [0.1, 0.15) is 6.42 Å². The zero-order chi connectivity index (χ0) is 16.5. The Morgan fingerprint density at radius 2 is 2.12 bits per heavy atom. The summed E-state index contributed by atoms with van der Waals surface area (Å²) in [6, 6.07) is 5.39. The van der Waals surface area contributed by atoms with Crippen LogP contribution in [-0.4, -0.2) is 36.6 Å². The molecule has 0 unspecified atom stereocenters. The summed E-state index contributed by atoms with van der Waals surface area (Å²) < 4.78 is 11.0. The lowest BCUT2D eigenvalue weighted by molar-refractivity contribution is -0.122. The molecule has 8 heteroatoms. The van der Waals surface area contributed by atoms with E-state index in [0.29, 0.717) is 42.1 Å². The number of nitrogens with zero attached hydrogens (tertiary/aromatic N) is 2. The molecule has 1 saturated heterocycles. The number of thiazole rings is 1. The van der Waals surface area contributed by atoms with Gasteiger partial charge in [0.15, 0.2) is 16.6 Å². The molecule has 1 aromatic carbocycles. The highest BCUT2D eigenvalue weighted by atomic mass is 32.1. The first-order valence-electron chi connectivity index (χ1n) is 7.61. The average Bonchev–Trinajstić information content (AvgIpc) is 3.24. The SMILES string of the molecule is O=C(Nc1nccs1)[C@@H]1CC(=O)N(c2ccc3c(c2)OCCO3)C1. The van der Waals surface area contributed by atoms with Gasteiger partial charge in [0, 0.05) is 36.3 Å². The van der Waals surface area contributed by atoms with E-state index in [1.54, 1.807) is 28.6 Å². The Morgan fingerprint density at radius 3 is 2.92 bits per heavy atom. The molecule has 2 aromatic rings. The molecule has 124 valence electrons. The third-order valence-corrected chi connectivity index (χ3v) is 4.68. The van der Waals surface area contributed by atoms with Gasteiger partial charge in [-0.05, 0) is 12.1 Å². The fourth-order valence-electron chi connectivity index (χ4n) is 2.83. The number of carbonyl (C=O) groups is 2. The van der Waals surface area contributed by atoms with Crippen molar-refractivity contribution >= 4 is 34.0 Å². The number of hydrogen-bond donors (Lipinski definition) is 1. The van der Waals surface area contributed by atoms with Gasteiger partial charge in [-0.3, -0.25) is 9.59 Å². The third kappa shape index (κ3) is 2.80. The fraction of sp³-hybridized carbons (Fsp3) is 0.312. The van der Waals surface area contributed by atoms with Crippen LogP contribution in [0, 0.1) is 5.92 Å². The predicted molar refractivity (Wildman–Crippen MR) is 88.6 cm³/mol. The normalized spacial score (nSPS) is 19.4. The summed E-state index contributed by atoms with van der Waals surface area (Å²) in [5.74, 6) is 0.649. The van der Waals surface area contributed by atoms with E-state index in [4.69, 9.17) is 9.47 Å². The maximum absolute atomic E-state index is 12.3. The topological polar surface area (TPSA) is 80.8 Å². The van der Waals surface area contributed by atoms with Gasteiger partial charge < -0.3 is 19.7 Å². The molecule has 3 heterocycles. The minimum absolute atomic E-state index is 0.0778. The highest BCUT2D eigenvalue weighted by molar-refractivity contribution is 7.13. The van der Waals surface area contributed by atoms with Crippen LogP contribution >= 0.6 is 11.3 Å². The van der Waals surface area contributed by atoms with E-state index in [0.717, 1.165) is 0 Å². The Kier molecular flexibility index (Phi) is 3.81. The number of carbonyl (C=O) groups excluding carboxylic acids is 2. The van der Waals surface area contributed by atoms with Crippen LogP contribution in [0.25, 0.3) is 0 Å². The number of benzene rings is 1. The molecule has 24 heavy (non-hydrogen) atoms. The molecule has 0 bridgehead atoms. The van der Waals surface area contributed by atoms with Gasteiger partial charge in [-0.2, -0.15) is 0 Å². The second-order valence-electron chi connectivity index (χ2n) is 5.56. The van der Waals surface area contributed by atoms with E-state index in [-0.39, 0.29) is 18.2 Å². The zero-order valence-corrected chi connectivity index (χ0v) is 13.5. The molecule has 2 aliphatic heterocycles. The standard InChI is InChI=1S/C16H15N3O4S/c20-14-7-10(15(21)18-16-17-3-6-24-16)9-19(14)11-1-2-12-13(8-11)23-5-4-22-12/h1-3,6,8,10H,4-5,7,9H2,(H,17,18,21)/t10-/m1/s1. The molecule has 1 N–H and O–H groups in total. The number of hydrogen-bond acceptors (Lipinski definition) is 6. The summed E-state index contributed by atoms with van der Waals surface area (Å²) >= 11 is 1.35. The lowest BCUT2D eigenvalue weighted by Crippen LogP contribution is -2.28. The number of fused-ring (bicyclic) bond motifs is 1. The summed E-state index contributed by atoms with van der Waals surface area (Å²) in [5, 5.41) is 5.09. The minimum Gasteiger partial charge on any atom is -0.486 e.